The predicted octanol–water partition coefficient (Wildman–Crippen LogP) is 2.64. The molecule has 2 heterocycles. The van der Waals surface area contributed by atoms with Crippen molar-refractivity contribution in [1.82, 2.24) is 0 Å². The Morgan fingerprint density at radius 1 is 1.37 bits per heavy atom. The summed E-state index contributed by atoms with van der Waals surface area (Å²) in [5.74, 6) is 0.147. The van der Waals surface area contributed by atoms with Gasteiger partial charge in [0.15, 0.2) is 5.79 Å². The molecule has 5 nitrogen and oxygen atoms in total. The molecule has 1 N–H and O–H groups in total. The normalized spacial score (nSPS) is 24.4. The Balaban J connectivity index is 2.02. The maximum atomic E-state index is 10.2. The fraction of sp³-hybridized carbons (Fsp3) is 0.714. The fourth-order valence-electron chi connectivity index (χ4n) is 1.90. The Morgan fingerprint density at radius 3 is 2.58 bits per heavy atom. The first-order chi connectivity index (χ1) is 8.66. The molecule has 108 valence electrons. The molecule has 2 atom stereocenters. The van der Waals surface area contributed by atoms with Gasteiger partial charge < -0.3 is 23.7 Å². The van der Waals surface area contributed by atoms with Crippen LogP contribution in [0.2, 0.25) is 0 Å². The summed E-state index contributed by atoms with van der Waals surface area (Å²) in [4.78, 5) is 0. The number of rotatable bonds is 3. The van der Waals surface area contributed by atoms with Gasteiger partial charge in [-0.3, -0.25) is 0 Å². The molecular weight excluding hydrogens is 248 g/mol. The molecule has 1 aliphatic rings. The van der Waals surface area contributed by atoms with Crippen LogP contribution in [0.5, 0.6) is 5.95 Å². The average Bonchev–Trinajstić information content (AvgIpc) is 2.81. The molecule has 2 rings (SSSR count). The second-order valence-corrected chi connectivity index (χ2v) is 6.18. The molecule has 1 aliphatic heterocycles. The highest BCUT2D eigenvalue weighted by atomic mass is 16.7. The first-order valence-electron chi connectivity index (χ1n) is 6.45. The molecule has 0 aromatic carbocycles. The van der Waals surface area contributed by atoms with Crippen LogP contribution >= 0.6 is 0 Å². The number of ether oxygens (including phenoxy) is 3. The third-order valence-corrected chi connectivity index (χ3v) is 2.68. The van der Waals surface area contributed by atoms with Gasteiger partial charge in [0.2, 0.25) is 0 Å². The lowest BCUT2D eigenvalue weighted by molar-refractivity contribution is -0.152. The molecule has 1 aromatic rings. The van der Waals surface area contributed by atoms with Gasteiger partial charge in [-0.25, -0.2) is 0 Å². The van der Waals surface area contributed by atoms with Gasteiger partial charge in [0.25, 0.3) is 5.95 Å². The fourth-order valence-corrected chi connectivity index (χ4v) is 1.90. The first-order valence-corrected chi connectivity index (χ1v) is 6.45. The van der Waals surface area contributed by atoms with Gasteiger partial charge in [0.05, 0.1) is 6.61 Å². The summed E-state index contributed by atoms with van der Waals surface area (Å²) >= 11 is 0. The third-order valence-electron chi connectivity index (χ3n) is 2.68. The number of aliphatic hydroxyl groups is 1. The lowest BCUT2D eigenvalue weighted by atomic mass is 10.2. The maximum Gasteiger partial charge on any atom is 0.285 e. The van der Waals surface area contributed by atoms with Crippen molar-refractivity contribution in [3.8, 4) is 5.95 Å². The predicted molar refractivity (Wildman–Crippen MR) is 69.0 cm³/mol. The van der Waals surface area contributed by atoms with E-state index >= 15 is 0 Å². The summed E-state index contributed by atoms with van der Waals surface area (Å²) in [6.07, 6.45) is -1.29. The van der Waals surface area contributed by atoms with Gasteiger partial charge in [-0.05, 0) is 40.7 Å². The molecule has 1 aromatic heterocycles. The molecule has 0 saturated carbocycles. The molecule has 0 spiro atoms. The number of furan rings is 1. The quantitative estimate of drug-likeness (QED) is 0.915. The van der Waals surface area contributed by atoms with Gasteiger partial charge in [0.1, 0.15) is 23.6 Å². The van der Waals surface area contributed by atoms with Crippen molar-refractivity contribution in [2.24, 2.45) is 0 Å². The van der Waals surface area contributed by atoms with Crippen molar-refractivity contribution in [2.45, 2.75) is 58.2 Å². The van der Waals surface area contributed by atoms with Crippen LogP contribution in [0.1, 0.15) is 46.5 Å². The van der Waals surface area contributed by atoms with Crippen LogP contribution in [-0.2, 0) is 9.47 Å². The number of hydrogen-bond donors (Lipinski definition) is 1. The van der Waals surface area contributed by atoms with Gasteiger partial charge in [-0.2, -0.15) is 0 Å². The standard InChI is InChI=1S/C14H22O5/c1-13(2,3)19-11-7-6-9(17-11)12(15)10-8-16-14(4,5)18-10/h6-7,10,12,15H,8H2,1-5H3/t10-,12+/m1/s1. The molecule has 0 radical (unpaired) electrons. The molecule has 0 aliphatic carbocycles. The Kier molecular flexibility index (Phi) is 3.64. The molecular formula is C14H22O5. The van der Waals surface area contributed by atoms with Crippen molar-refractivity contribution in [2.75, 3.05) is 6.61 Å². The SMILES string of the molecule is CC(C)(C)Oc1ccc([C@H](O)[C@H]2COC(C)(C)O2)o1. The van der Waals surface area contributed by atoms with Crippen LogP contribution in [0.15, 0.2) is 16.5 Å². The molecule has 1 fully saturated rings. The molecule has 0 unspecified atom stereocenters. The van der Waals surface area contributed by atoms with E-state index in [1.165, 1.54) is 0 Å². The Hall–Kier alpha value is -1.04. The first kappa shape index (κ1) is 14.4. The van der Waals surface area contributed by atoms with E-state index in [1.54, 1.807) is 12.1 Å². The minimum atomic E-state index is -0.862. The summed E-state index contributed by atoms with van der Waals surface area (Å²) in [6, 6.07) is 3.39. The summed E-state index contributed by atoms with van der Waals surface area (Å²) < 4.78 is 22.1. The van der Waals surface area contributed by atoms with Gasteiger partial charge in [-0.1, -0.05) is 0 Å². The van der Waals surface area contributed by atoms with Crippen LogP contribution in [0.3, 0.4) is 0 Å². The molecule has 0 bridgehead atoms. The minimum absolute atomic E-state index is 0.338. The van der Waals surface area contributed by atoms with Crippen molar-refractivity contribution < 1.29 is 23.7 Å². The monoisotopic (exact) mass is 270 g/mol. The van der Waals surface area contributed by atoms with Crippen LogP contribution in [0.25, 0.3) is 0 Å². The van der Waals surface area contributed by atoms with Crippen LogP contribution in [-0.4, -0.2) is 29.2 Å². The number of aliphatic hydroxyl groups excluding tert-OH is 1. The van der Waals surface area contributed by atoms with Crippen LogP contribution < -0.4 is 4.74 Å². The van der Waals surface area contributed by atoms with Gasteiger partial charge in [-0.15, -0.1) is 0 Å². The smallest absolute Gasteiger partial charge is 0.285 e. The van der Waals surface area contributed by atoms with E-state index in [1.807, 2.05) is 34.6 Å². The minimum Gasteiger partial charge on any atom is -0.459 e. The van der Waals surface area contributed by atoms with E-state index in [-0.39, 0.29) is 5.60 Å². The van der Waals surface area contributed by atoms with Crippen molar-refractivity contribution >= 4 is 0 Å². The molecule has 19 heavy (non-hydrogen) atoms. The summed E-state index contributed by atoms with van der Waals surface area (Å²) in [6.45, 7) is 9.77. The third kappa shape index (κ3) is 3.72. The lowest BCUT2D eigenvalue weighted by Gasteiger charge is -2.20. The molecule has 1 saturated heterocycles. The maximum absolute atomic E-state index is 10.2. The second-order valence-electron chi connectivity index (χ2n) is 6.18. The second kappa shape index (κ2) is 4.81. The van der Waals surface area contributed by atoms with Crippen LogP contribution in [0, 0.1) is 0 Å². The van der Waals surface area contributed by atoms with Gasteiger partial charge >= 0.3 is 0 Å². The Labute approximate surface area is 113 Å². The van der Waals surface area contributed by atoms with E-state index in [0.717, 1.165) is 0 Å². The topological polar surface area (TPSA) is 61.1 Å². The van der Waals surface area contributed by atoms with Crippen LogP contribution in [0.4, 0.5) is 0 Å². The highest BCUT2D eigenvalue weighted by molar-refractivity contribution is 5.15. The summed E-state index contributed by atoms with van der Waals surface area (Å²) in [5.41, 5.74) is -0.338. The van der Waals surface area contributed by atoms with Crippen molar-refractivity contribution in [1.29, 1.82) is 0 Å². The van der Waals surface area contributed by atoms with Gasteiger partial charge in [0, 0.05) is 6.07 Å². The lowest BCUT2D eigenvalue weighted by Crippen LogP contribution is -2.25. The van der Waals surface area contributed by atoms with E-state index < -0.39 is 18.0 Å². The highest BCUT2D eigenvalue weighted by Crippen LogP contribution is 2.33. The molecule has 0 amide bonds. The average molecular weight is 270 g/mol. The van der Waals surface area contributed by atoms with E-state index in [9.17, 15) is 5.11 Å². The zero-order valence-electron chi connectivity index (χ0n) is 12.1. The Bertz CT molecular complexity index is 429. The highest BCUT2D eigenvalue weighted by Gasteiger charge is 2.38. The Morgan fingerprint density at radius 2 is 2.05 bits per heavy atom. The van der Waals surface area contributed by atoms with E-state index in [2.05, 4.69) is 0 Å². The van der Waals surface area contributed by atoms with E-state index in [0.29, 0.717) is 18.3 Å². The molecule has 5 heteroatoms. The van der Waals surface area contributed by atoms with Crippen molar-refractivity contribution in [3.63, 3.8) is 0 Å². The number of hydrogen-bond acceptors (Lipinski definition) is 5. The summed E-state index contributed by atoms with van der Waals surface area (Å²) in [7, 11) is 0. The zero-order chi connectivity index (χ0) is 14.3. The van der Waals surface area contributed by atoms with E-state index in [4.69, 9.17) is 18.6 Å². The largest absolute Gasteiger partial charge is 0.459 e. The zero-order valence-corrected chi connectivity index (χ0v) is 12.1. The summed E-state index contributed by atoms with van der Waals surface area (Å²) in [5, 5.41) is 10.2. The van der Waals surface area contributed by atoms with Crippen molar-refractivity contribution in [3.05, 3.63) is 17.9 Å².